The van der Waals surface area contributed by atoms with Crippen molar-refractivity contribution in [2.75, 3.05) is 23.4 Å². The second-order valence-corrected chi connectivity index (χ2v) is 8.57. The van der Waals surface area contributed by atoms with Crippen LogP contribution in [0, 0.1) is 6.92 Å². The van der Waals surface area contributed by atoms with Crippen molar-refractivity contribution in [1.82, 2.24) is 0 Å². The van der Waals surface area contributed by atoms with Crippen LogP contribution in [0.25, 0.3) is 0 Å². The van der Waals surface area contributed by atoms with Gasteiger partial charge in [-0.25, -0.2) is 13.2 Å². The molecule has 31 heavy (non-hydrogen) atoms. The molecule has 0 aliphatic heterocycles. The summed E-state index contributed by atoms with van der Waals surface area (Å²) in [4.78, 5) is 24.7. The summed E-state index contributed by atoms with van der Waals surface area (Å²) < 4.78 is 40.7. The number of carbonyl (C=O) groups excluding carboxylic acids is 2. The Bertz CT molecular complexity index is 1100. The van der Waals surface area contributed by atoms with E-state index in [-0.39, 0.29) is 39.8 Å². The molecule has 10 nitrogen and oxygen atoms in total. The highest BCUT2D eigenvalue weighted by Gasteiger charge is 2.22. The topological polar surface area (TPSA) is 140 Å². The molecular formula is C20H24N2O8S. The Labute approximate surface area is 180 Å². The summed E-state index contributed by atoms with van der Waals surface area (Å²) in [5.74, 6) is -1.03. The van der Waals surface area contributed by atoms with Gasteiger partial charge in [0.25, 0.3) is 5.91 Å². The van der Waals surface area contributed by atoms with E-state index in [1.54, 1.807) is 26.0 Å². The summed E-state index contributed by atoms with van der Waals surface area (Å²) in [6.07, 6.45) is -0.451. The molecule has 0 aliphatic carbocycles. The molecule has 1 amide bonds. The van der Waals surface area contributed by atoms with E-state index < -0.39 is 28.2 Å². The molecule has 0 radical (unpaired) electrons. The zero-order valence-corrected chi connectivity index (χ0v) is 18.5. The first kappa shape index (κ1) is 23.8. The number of phenolic OH excluding ortho intramolecular Hbond substituents is 1. The Hall–Kier alpha value is -3.47. The third-order valence-electron chi connectivity index (χ3n) is 3.89. The molecule has 0 aromatic heterocycles. The van der Waals surface area contributed by atoms with Crippen molar-refractivity contribution >= 4 is 33.5 Å². The van der Waals surface area contributed by atoms with Gasteiger partial charge in [-0.2, -0.15) is 0 Å². The minimum atomic E-state index is -3.63. The summed E-state index contributed by atoms with van der Waals surface area (Å²) in [6, 6.07) is 7.15. The molecule has 2 aromatic rings. The second-order valence-electron chi connectivity index (χ2n) is 6.82. The Balaban J connectivity index is 2.41. The normalized spacial score (nSPS) is 11.0. The van der Waals surface area contributed by atoms with Crippen molar-refractivity contribution < 1.29 is 37.3 Å². The van der Waals surface area contributed by atoms with Crippen molar-refractivity contribution in [3.05, 3.63) is 41.5 Å². The van der Waals surface area contributed by atoms with E-state index in [0.717, 1.165) is 6.26 Å². The maximum absolute atomic E-state index is 12.8. The summed E-state index contributed by atoms with van der Waals surface area (Å²) >= 11 is 0. The molecule has 0 heterocycles. The van der Waals surface area contributed by atoms with Crippen molar-refractivity contribution in [2.24, 2.45) is 0 Å². The summed E-state index contributed by atoms with van der Waals surface area (Å²) in [7, 11) is -2.30. The third kappa shape index (κ3) is 6.25. The number of benzene rings is 2. The van der Waals surface area contributed by atoms with Crippen molar-refractivity contribution in [1.29, 1.82) is 0 Å². The largest absolute Gasteiger partial charge is 0.514 e. The number of nitrogens with one attached hydrogen (secondary N) is 2. The monoisotopic (exact) mass is 452 g/mol. The molecule has 0 saturated heterocycles. The number of rotatable bonds is 7. The van der Waals surface area contributed by atoms with Gasteiger partial charge in [0.1, 0.15) is 5.75 Å². The zero-order chi connectivity index (χ0) is 23.3. The fourth-order valence-corrected chi connectivity index (χ4v) is 3.23. The molecule has 0 fully saturated rings. The van der Waals surface area contributed by atoms with Crippen molar-refractivity contribution in [3.8, 4) is 17.2 Å². The fraction of sp³-hybridized carbons (Fsp3) is 0.300. The Morgan fingerprint density at radius 3 is 2.35 bits per heavy atom. The number of phenols is 1. The number of anilines is 2. The van der Waals surface area contributed by atoms with Crippen LogP contribution in [-0.4, -0.2) is 45.1 Å². The molecule has 0 aliphatic rings. The molecule has 0 saturated carbocycles. The number of para-hydroxylation sites is 1. The van der Waals surface area contributed by atoms with Gasteiger partial charge in [0, 0.05) is 11.6 Å². The minimum Gasteiger partial charge on any atom is -0.505 e. The summed E-state index contributed by atoms with van der Waals surface area (Å²) in [5.41, 5.74) is 0.201. The predicted molar refractivity (Wildman–Crippen MR) is 115 cm³/mol. The molecule has 0 spiro atoms. The molecule has 0 unspecified atom stereocenters. The maximum atomic E-state index is 12.8. The van der Waals surface area contributed by atoms with Gasteiger partial charge >= 0.3 is 6.16 Å². The fourth-order valence-electron chi connectivity index (χ4n) is 2.65. The Morgan fingerprint density at radius 1 is 1.13 bits per heavy atom. The van der Waals surface area contributed by atoms with Gasteiger partial charge in [-0.15, -0.1) is 0 Å². The standard InChI is InChI=1S/C20H24N2O8S/c1-11(2)29-20(25)30-16-10-15(17(23)12(3)18(16)28-4)21-19(24)13-8-6-7-9-14(13)22-31(5,26)27/h6-11,22-23H,1-5H3,(H,21,24). The first-order chi connectivity index (χ1) is 14.4. The van der Waals surface area contributed by atoms with Gasteiger partial charge in [0.15, 0.2) is 11.5 Å². The van der Waals surface area contributed by atoms with Crippen LogP contribution in [0.2, 0.25) is 0 Å². The zero-order valence-electron chi connectivity index (χ0n) is 17.7. The number of methoxy groups -OCH3 is 1. The molecule has 0 bridgehead atoms. The van der Waals surface area contributed by atoms with E-state index in [1.165, 1.54) is 32.2 Å². The average Bonchev–Trinajstić information content (AvgIpc) is 2.64. The van der Waals surface area contributed by atoms with Gasteiger partial charge in [0.2, 0.25) is 10.0 Å². The quantitative estimate of drug-likeness (QED) is 0.330. The smallest absolute Gasteiger partial charge is 0.505 e. The Kier molecular flexibility index (Phi) is 7.34. The summed E-state index contributed by atoms with van der Waals surface area (Å²) in [5, 5.41) is 13.0. The first-order valence-electron chi connectivity index (χ1n) is 9.10. The average molecular weight is 452 g/mol. The van der Waals surface area contributed by atoms with Gasteiger partial charge in [-0.05, 0) is 32.9 Å². The van der Waals surface area contributed by atoms with Gasteiger partial charge in [-0.1, -0.05) is 12.1 Å². The van der Waals surface area contributed by atoms with Gasteiger partial charge in [0.05, 0.1) is 36.4 Å². The van der Waals surface area contributed by atoms with Crippen LogP contribution in [0.3, 0.4) is 0 Å². The molecule has 2 rings (SSSR count). The number of ether oxygens (including phenoxy) is 3. The van der Waals surface area contributed by atoms with E-state index in [0.29, 0.717) is 0 Å². The van der Waals surface area contributed by atoms with Crippen molar-refractivity contribution in [2.45, 2.75) is 26.9 Å². The van der Waals surface area contributed by atoms with Gasteiger partial charge in [-0.3, -0.25) is 9.52 Å². The van der Waals surface area contributed by atoms with Crippen LogP contribution in [0.1, 0.15) is 29.8 Å². The predicted octanol–water partition coefficient (Wildman–Crippen LogP) is 3.26. The molecule has 3 N–H and O–H groups in total. The number of carbonyl (C=O) groups is 2. The van der Waals surface area contributed by atoms with E-state index in [4.69, 9.17) is 14.2 Å². The molecule has 2 aromatic carbocycles. The lowest BCUT2D eigenvalue weighted by Crippen LogP contribution is -2.18. The number of hydrogen-bond acceptors (Lipinski definition) is 8. The molecule has 0 atom stereocenters. The highest BCUT2D eigenvalue weighted by atomic mass is 32.2. The highest BCUT2D eigenvalue weighted by molar-refractivity contribution is 7.92. The minimum absolute atomic E-state index is 0.0162. The van der Waals surface area contributed by atoms with E-state index in [1.807, 2.05) is 0 Å². The number of hydrogen-bond donors (Lipinski definition) is 3. The van der Waals surface area contributed by atoms with E-state index in [2.05, 4.69) is 10.0 Å². The maximum Gasteiger partial charge on any atom is 0.514 e. The van der Waals surface area contributed by atoms with E-state index in [9.17, 15) is 23.1 Å². The van der Waals surface area contributed by atoms with E-state index >= 15 is 0 Å². The first-order valence-corrected chi connectivity index (χ1v) is 11.0. The Morgan fingerprint density at radius 2 is 1.77 bits per heavy atom. The molecule has 168 valence electrons. The summed E-state index contributed by atoms with van der Waals surface area (Å²) in [6.45, 7) is 4.80. The van der Waals surface area contributed by atoms with Crippen LogP contribution in [0.5, 0.6) is 17.2 Å². The lowest BCUT2D eigenvalue weighted by Gasteiger charge is -2.17. The molecule has 11 heteroatoms. The lowest BCUT2D eigenvalue weighted by molar-refractivity contribution is 0.0719. The third-order valence-corrected chi connectivity index (χ3v) is 4.49. The second kappa shape index (κ2) is 9.56. The van der Waals surface area contributed by atoms with Crippen LogP contribution in [0.4, 0.5) is 16.2 Å². The van der Waals surface area contributed by atoms with Gasteiger partial charge < -0.3 is 24.6 Å². The SMILES string of the molecule is COc1c(OC(=O)OC(C)C)cc(NC(=O)c2ccccc2NS(C)(=O)=O)c(O)c1C. The number of aromatic hydroxyl groups is 1. The van der Waals surface area contributed by atoms with Crippen LogP contribution < -0.4 is 19.5 Å². The number of sulfonamides is 1. The molecular weight excluding hydrogens is 428 g/mol. The highest BCUT2D eigenvalue weighted by Crippen LogP contribution is 2.42. The lowest BCUT2D eigenvalue weighted by atomic mass is 10.1. The number of amides is 1. The van der Waals surface area contributed by atoms with Crippen molar-refractivity contribution in [3.63, 3.8) is 0 Å². The van der Waals surface area contributed by atoms with Crippen LogP contribution >= 0.6 is 0 Å². The van der Waals surface area contributed by atoms with Crippen LogP contribution in [0.15, 0.2) is 30.3 Å². The van der Waals surface area contributed by atoms with Crippen LogP contribution in [-0.2, 0) is 14.8 Å².